The van der Waals surface area contributed by atoms with Crippen molar-refractivity contribution in [2.45, 2.75) is 25.8 Å². The molecule has 1 rings (SSSR count). The summed E-state index contributed by atoms with van der Waals surface area (Å²) < 4.78 is 24.9. The molecule has 0 spiro atoms. The Balaban J connectivity index is 2.51. The molecule has 1 unspecified atom stereocenters. The fourth-order valence-corrected chi connectivity index (χ4v) is 2.90. The molecular weight excluding hydrogens is 248 g/mol. The SMILES string of the molecule is CC(C#N)N(C)S(=O)(=O)CCCc1ccccc1. The van der Waals surface area contributed by atoms with E-state index in [1.807, 2.05) is 36.4 Å². The highest BCUT2D eigenvalue weighted by Gasteiger charge is 2.22. The molecule has 0 amide bonds. The standard InChI is InChI=1S/C13H18N2O2S/c1-12(11-14)15(2)18(16,17)10-6-9-13-7-4-3-5-8-13/h3-5,7-8,12H,6,9-10H2,1-2H3. The van der Waals surface area contributed by atoms with Crippen LogP contribution in [0.4, 0.5) is 0 Å². The van der Waals surface area contributed by atoms with E-state index in [-0.39, 0.29) is 5.75 Å². The molecule has 0 saturated carbocycles. The van der Waals surface area contributed by atoms with Gasteiger partial charge in [0.05, 0.1) is 11.8 Å². The van der Waals surface area contributed by atoms with E-state index in [1.165, 1.54) is 7.05 Å². The van der Waals surface area contributed by atoms with Crippen LogP contribution in [0, 0.1) is 11.3 Å². The molecule has 5 heteroatoms. The van der Waals surface area contributed by atoms with E-state index in [1.54, 1.807) is 6.92 Å². The van der Waals surface area contributed by atoms with Gasteiger partial charge in [-0.1, -0.05) is 30.3 Å². The molecule has 4 nitrogen and oxygen atoms in total. The third-order valence-corrected chi connectivity index (χ3v) is 4.88. The molecule has 1 atom stereocenters. The van der Waals surface area contributed by atoms with E-state index in [0.29, 0.717) is 6.42 Å². The number of nitrogens with zero attached hydrogens (tertiary/aromatic N) is 2. The Hall–Kier alpha value is -1.38. The average molecular weight is 266 g/mol. The molecule has 0 aliphatic rings. The normalized spacial score (nSPS) is 13.2. The maximum Gasteiger partial charge on any atom is 0.215 e. The predicted octanol–water partition coefficient (Wildman–Crippen LogP) is 1.79. The molecule has 0 heterocycles. The second-order valence-electron chi connectivity index (χ2n) is 4.23. The van der Waals surface area contributed by atoms with Crippen LogP contribution in [0.25, 0.3) is 0 Å². The molecule has 18 heavy (non-hydrogen) atoms. The summed E-state index contributed by atoms with van der Waals surface area (Å²) in [7, 11) is -1.88. The molecule has 0 radical (unpaired) electrons. The lowest BCUT2D eigenvalue weighted by Gasteiger charge is -2.18. The van der Waals surface area contributed by atoms with Gasteiger partial charge in [-0.2, -0.15) is 9.57 Å². The Bertz CT molecular complexity index is 506. The first-order valence-electron chi connectivity index (χ1n) is 5.86. The summed E-state index contributed by atoms with van der Waals surface area (Å²) in [6.45, 7) is 1.58. The van der Waals surface area contributed by atoms with E-state index in [0.717, 1.165) is 16.3 Å². The summed E-state index contributed by atoms with van der Waals surface area (Å²) in [5, 5.41) is 8.72. The maximum absolute atomic E-state index is 11.9. The molecule has 0 aliphatic heterocycles. The number of hydrogen-bond donors (Lipinski definition) is 0. The monoisotopic (exact) mass is 266 g/mol. The van der Waals surface area contributed by atoms with Gasteiger partial charge in [0, 0.05) is 7.05 Å². The molecule has 0 aromatic heterocycles. The van der Waals surface area contributed by atoms with Crippen LogP contribution in [0.5, 0.6) is 0 Å². The summed E-state index contributed by atoms with van der Waals surface area (Å²) >= 11 is 0. The first-order valence-corrected chi connectivity index (χ1v) is 7.47. The highest BCUT2D eigenvalue weighted by Crippen LogP contribution is 2.08. The maximum atomic E-state index is 11.9. The first kappa shape index (κ1) is 14.7. The van der Waals surface area contributed by atoms with E-state index in [9.17, 15) is 8.42 Å². The van der Waals surface area contributed by atoms with Crippen molar-refractivity contribution in [2.75, 3.05) is 12.8 Å². The van der Waals surface area contributed by atoms with Gasteiger partial charge < -0.3 is 0 Å². The number of benzene rings is 1. The second-order valence-corrected chi connectivity index (χ2v) is 6.37. The van der Waals surface area contributed by atoms with Gasteiger partial charge in [0.25, 0.3) is 0 Å². The van der Waals surface area contributed by atoms with Crippen LogP contribution in [0.15, 0.2) is 30.3 Å². The molecule has 0 saturated heterocycles. The van der Waals surface area contributed by atoms with Crippen molar-refractivity contribution in [3.8, 4) is 6.07 Å². The minimum absolute atomic E-state index is 0.0738. The Morgan fingerprint density at radius 2 is 1.94 bits per heavy atom. The Morgan fingerprint density at radius 3 is 2.50 bits per heavy atom. The molecule has 1 aromatic rings. The second kappa shape index (κ2) is 6.53. The van der Waals surface area contributed by atoms with Crippen LogP contribution in [-0.2, 0) is 16.4 Å². The zero-order valence-electron chi connectivity index (χ0n) is 10.7. The van der Waals surface area contributed by atoms with Crippen molar-refractivity contribution in [2.24, 2.45) is 0 Å². The summed E-state index contributed by atoms with van der Waals surface area (Å²) in [4.78, 5) is 0. The third kappa shape index (κ3) is 4.13. The predicted molar refractivity (Wildman–Crippen MR) is 71.4 cm³/mol. The number of aryl methyl sites for hydroxylation is 1. The molecule has 0 fully saturated rings. The number of sulfonamides is 1. The number of nitriles is 1. The van der Waals surface area contributed by atoms with Gasteiger partial charge in [-0.25, -0.2) is 8.42 Å². The fourth-order valence-electron chi connectivity index (χ4n) is 1.57. The van der Waals surface area contributed by atoms with Crippen molar-refractivity contribution >= 4 is 10.0 Å². The van der Waals surface area contributed by atoms with Crippen molar-refractivity contribution in [3.05, 3.63) is 35.9 Å². The molecule has 0 bridgehead atoms. The lowest BCUT2D eigenvalue weighted by Crippen LogP contribution is -2.35. The minimum atomic E-state index is -3.33. The van der Waals surface area contributed by atoms with Gasteiger partial charge in [-0.15, -0.1) is 0 Å². The van der Waals surface area contributed by atoms with E-state index >= 15 is 0 Å². The quantitative estimate of drug-likeness (QED) is 0.788. The summed E-state index contributed by atoms with van der Waals surface area (Å²) in [6, 6.07) is 11.1. The summed E-state index contributed by atoms with van der Waals surface area (Å²) in [6.07, 6.45) is 1.30. The van der Waals surface area contributed by atoms with Gasteiger partial charge in [-0.05, 0) is 25.3 Å². The third-order valence-electron chi connectivity index (χ3n) is 2.88. The smallest absolute Gasteiger partial charge is 0.212 e. The number of rotatable bonds is 6. The van der Waals surface area contributed by atoms with Crippen LogP contribution in [0.2, 0.25) is 0 Å². The van der Waals surface area contributed by atoms with Gasteiger partial charge >= 0.3 is 0 Å². The van der Waals surface area contributed by atoms with Crippen molar-refractivity contribution in [1.29, 1.82) is 5.26 Å². The van der Waals surface area contributed by atoms with Gasteiger partial charge in [0.2, 0.25) is 10.0 Å². The van der Waals surface area contributed by atoms with Gasteiger partial charge in [0.15, 0.2) is 0 Å². The van der Waals surface area contributed by atoms with Crippen LogP contribution in [-0.4, -0.2) is 31.6 Å². The Labute approximate surface area is 109 Å². The van der Waals surface area contributed by atoms with E-state index in [2.05, 4.69) is 0 Å². The van der Waals surface area contributed by atoms with Crippen LogP contribution in [0.3, 0.4) is 0 Å². The minimum Gasteiger partial charge on any atom is -0.212 e. The molecule has 98 valence electrons. The van der Waals surface area contributed by atoms with Gasteiger partial charge in [0.1, 0.15) is 6.04 Å². The van der Waals surface area contributed by atoms with Crippen molar-refractivity contribution < 1.29 is 8.42 Å². The summed E-state index contributed by atoms with van der Waals surface area (Å²) in [5.74, 6) is 0.0738. The first-order chi connectivity index (χ1) is 8.47. The van der Waals surface area contributed by atoms with Gasteiger partial charge in [-0.3, -0.25) is 0 Å². The average Bonchev–Trinajstić information content (AvgIpc) is 2.38. The molecular formula is C13H18N2O2S. The Morgan fingerprint density at radius 1 is 1.33 bits per heavy atom. The topological polar surface area (TPSA) is 61.2 Å². The zero-order chi connectivity index (χ0) is 13.6. The fraction of sp³-hybridized carbons (Fsp3) is 0.462. The molecule has 0 aliphatic carbocycles. The van der Waals surface area contributed by atoms with Crippen molar-refractivity contribution in [3.63, 3.8) is 0 Å². The van der Waals surface area contributed by atoms with E-state index < -0.39 is 16.1 Å². The van der Waals surface area contributed by atoms with E-state index in [4.69, 9.17) is 5.26 Å². The Kier molecular flexibility index (Phi) is 5.32. The highest BCUT2D eigenvalue weighted by atomic mass is 32.2. The van der Waals surface area contributed by atoms with Crippen molar-refractivity contribution in [1.82, 2.24) is 4.31 Å². The molecule has 1 aromatic carbocycles. The zero-order valence-corrected chi connectivity index (χ0v) is 11.5. The number of hydrogen-bond acceptors (Lipinski definition) is 3. The van der Waals surface area contributed by atoms with Crippen LogP contribution in [0.1, 0.15) is 18.9 Å². The lowest BCUT2D eigenvalue weighted by atomic mass is 10.1. The van der Waals surface area contributed by atoms with Crippen LogP contribution < -0.4 is 0 Å². The largest absolute Gasteiger partial charge is 0.215 e. The summed E-state index contributed by atoms with van der Waals surface area (Å²) in [5.41, 5.74) is 1.13. The molecule has 0 N–H and O–H groups in total. The van der Waals surface area contributed by atoms with Crippen LogP contribution >= 0.6 is 0 Å². The highest BCUT2D eigenvalue weighted by molar-refractivity contribution is 7.89. The lowest BCUT2D eigenvalue weighted by molar-refractivity contribution is 0.441.